The van der Waals surface area contributed by atoms with Crippen LogP contribution in [0.15, 0.2) is 0 Å². The second-order valence-electron chi connectivity index (χ2n) is 5.75. The van der Waals surface area contributed by atoms with Gasteiger partial charge in [-0.2, -0.15) is 0 Å². The van der Waals surface area contributed by atoms with Crippen molar-refractivity contribution in [1.29, 1.82) is 0 Å². The smallest absolute Gasteiger partial charge is 0.0726 e. The average Bonchev–Trinajstić information content (AvgIpc) is 2.43. The number of hydrogen-bond acceptors (Lipinski definition) is 1. The third kappa shape index (κ3) is 0.953. The first kappa shape index (κ1) is 8.55. The molecule has 1 heteroatoms. The lowest BCUT2D eigenvalue weighted by atomic mass is 9.67. The summed E-state index contributed by atoms with van der Waals surface area (Å²) in [7, 11) is 0. The Morgan fingerprint density at radius 1 is 1.25 bits per heavy atom. The predicted octanol–water partition coefficient (Wildman–Crippen LogP) is 2.58. The van der Waals surface area contributed by atoms with Gasteiger partial charge >= 0.3 is 0 Å². The fourth-order valence-corrected chi connectivity index (χ4v) is 3.22. The van der Waals surface area contributed by atoms with Gasteiger partial charge in [-0.3, -0.25) is 0 Å². The molecule has 0 spiro atoms. The first-order chi connectivity index (χ1) is 5.43. The van der Waals surface area contributed by atoms with Crippen LogP contribution in [0.1, 0.15) is 46.5 Å². The monoisotopic (exact) mass is 168 g/mol. The van der Waals surface area contributed by atoms with E-state index in [0.29, 0.717) is 5.92 Å². The minimum atomic E-state index is -0.351. The zero-order chi connectivity index (χ0) is 8.98. The van der Waals surface area contributed by atoms with Gasteiger partial charge in [0.25, 0.3) is 0 Å². The maximum atomic E-state index is 10.5. The highest BCUT2D eigenvalue weighted by atomic mass is 16.3. The van der Waals surface area contributed by atoms with Crippen molar-refractivity contribution >= 4 is 0 Å². The molecule has 2 aliphatic rings. The Kier molecular flexibility index (Phi) is 1.61. The molecule has 0 amide bonds. The minimum absolute atomic E-state index is 0.0762. The topological polar surface area (TPSA) is 20.2 Å². The van der Waals surface area contributed by atoms with E-state index in [9.17, 15) is 5.11 Å². The Labute approximate surface area is 75.2 Å². The van der Waals surface area contributed by atoms with E-state index < -0.39 is 0 Å². The van der Waals surface area contributed by atoms with Crippen LogP contribution in [-0.4, -0.2) is 10.7 Å². The van der Waals surface area contributed by atoms with Gasteiger partial charge < -0.3 is 5.11 Å². The molecule has 2 aliphatic carbocycles. The molecule has 0 saturated heterocycles. The summed E-state index contributed by atoms with van der Waals surface area (Å²) < 4.78 is 0. The Morgan fingerprint density at radius 3 is 2.17 bits per heavy atom. The fraction of sp³-hybridized carbons (Fsp3) is 1.00. The summed E-state index contributed by atoms with van der Waals surface area (Å²) in [6.07, 6.45) is 4.97. The molecule has 1 N–H and O–H groups in total. The van der Waals surface area contributed by atoms with Crippen LogP contribution in [0.3, 0.4) is 0 Å². The van der Waals surface area contributed by atoms with Crippen molar-refractivity contribution in [2.45, 2.75) is 52.1 Å². The molecule has 2 fully saturated rings. The van der Waals surface area contributed by atoms with Crippen molar-refractivity contribution in [2.75, 3.05) is 0 Å². The van der Waals surface area contributed by atoms with Gasteiger partial charge in [-0.1, -0.05) is 20.8 Å². The van der Waals surface area contributed by atoms with E-state index in [1.165, 1.54) is 19.3 Å². The van der Waals surface area contributed by atoms with E-state index in [1.54, 1.807) is 0 Å². The van der Waals surface area contributed by atoms with E-state index in [2.05, 4.69) is 20.8 Å². The zero-order valence-corrected chi connectivity index (χ0v) is 8.43. The van der Waals surface area contributed by atoms with Crippen molar-refractivity contribution in [2.24, 2.45) is 17.3 Å². The van der Waals surface area contributed by atoms with Crippen LogP contribution in [0.5, 0.6) is 0 Å². The van der Waals surface area contributed by atoms with Gasteiger partial charge in [0, 0.05) is 0 Å². The fourth-order valence-electron chi connectivity index (χ4n) is 3.22. The summed E-state index contributed by atoms with van der Waals surface area (Å²) in [6, 6.07) is 0. The summed E-state index contributed by atoms with van der Waals surface area (Å²) in [4.78, 5) is 0. The van der Waals surface area contributed by atoms with Crippen molar-refractivity contribution in [3.63, 3.8) is 0 Å². The lowest BCUT2D eigenvalue weighted by Gasteiger charge is -2.43. The van der Waals surface area contributed by atoms with Gasteiger partial charge in [0.05, 0.1) is 5.60 Å². The van der Waals surface area contributed by atoms with Crippen LogP contribution in [0.25, 0.3) is 0 Å². The molecule has 0 aliphatic heterocycles. The molecule has 2 rings (SSSR count). The normalized spacial score (nSPS) is 47.0. The van der Waals surface area contributed by atoms with Gasteiger partial charge in [0.15, 0.2) is 0 Å². The van der Waals surface area contributed by atoms with Crippen LogP contribution in [0.2, 0.25) is 0 Å². The third-order valence-electron chi connectivity index (χ3n) is 4.12. The molecule has 12 heavy (non-hydrogen) atoms. The zero-order valence-electron chi connectivity index (χ0n) is 8.43. The van der Waals surface area contributed by atoms with Crippen LogP contribution in [0.4, 0.5) is 0 Å². The summed E-state index contributed by atoms with van der Waals surface area (Å²) in [5.74, 6) is 1.43. The van der Waals surface area contributed by atoms with Crippen LogP contribution in [0, 0.1) is 17.3 Å². The first-order valence-electron chi connectivity index (χ1n) is 5.16. The standard InChI is InChI=1S/C11H20O/c1-10(2,3)11(12)7-8-4-5-9(11)6-8/h8-9,12H,4-7H2,1-3H3. The summed E-state index contributed by atoms with van der Waals surface area (Å²) in [5.41, 5.74) is -0.275. The highest BCUT2D eigenvalue weighted by Crippen LogP contribution is 2.57. The molecule has 2 saturated carbocycles. The lowest BCUT2D eigenvalue weighted by molar-refractivity contribution is -0.0992. The largest absolute Gasteiger partial charge is 0.389 e. The molecule has 0 radical (unpaired) electrons. The minimum Gasteiger partial charge on any atom is -0.389 e. The molecule has 2 bridgehead atoms. The van der Waals surface area contributed by atoms with Gasteiger partial charge in [-0.05, 0) is 42.9 Å². The maximum Gasteiger partial charge on any atom is 0.0726 e. The van der Waals surface area contributed by atoms with Crippen molar-refractivity contribution < 1.29 is 5.11 Å². The van der Waals surface area contributed by atoms with E-state index in [4.69, 9.17) is 0 Å². The van der Waals surface area contributed by atoms with Crippen LogP contribution < -0.4 is 0 Å². The van der Waals surface area contributed by atoms with Crippen LogP contribution in [-0.2, 0) is 0 Å². The highest BCUT2D eigenvalue weighted by molar-refractivity contribution is 5.06. The number of rotatable bonds is 0. The molecule has 0 aromatic rings. The van der Waals surface area contributed by atoms with Crippen LogP contribution >= 0.6 is 0 Å². The molecular weight excluding hydrogens is 148 g/mol. The SMILES string of the molecule is CC(C)(C)C1(O)CC2CCC1C2. The molecule has 1 nitrogen and oxygen atoms in total. The Balaban J connectivity index is 2.23. The second kappa shape index (κ2) is 2.25. The molecule has 3 atom stereocenters. The Morgan fingerprint density at radius 2 is 1.92 bits per heavy atom. The molecule has 0 aromatic carbocycles. The van der Waals surface area contributed by atoms with Crippen molar-refractivity contribution in [1.82, 2.24) is 0 Å². The number of aliphatic hydroxyl groups is 1. The van der Waals surface area contributed by atoms with Gasteiger partial charge in [-0.15, -0.1) is 0 Å². The third-order valence-corrected chi connectivity index (χ3v) is 4.12. The Bertz CT molecular complexity index is 192. The molecule has 70 valence electrons. The predicted molar refractivity (Wildman–Crippen MR) is 49.9 cm³/mol. The molecule has 3 unspecified atom stereocenters. The molecule has 0 aromatic heterocycles. The van der Waals surface area contributed by atoms with Crippen molar-refractivity contribution in [3.05, 3.63) is 0 Å². The average molecular weight is 168 g/mol. The van der Waals surface area contributed by atoms with Gasteiger partial charge in [-0.25, -0.2) is 0 Å². The summed E-state index contributed by atoms with van der Waals surface area (Å²) in [6.45, 7) is 6.52. The number of hydrogen-bond donors (Lipinski definition) is 1. The van der Waals surface area contributed by atoms with Gasteiger partial charge in [0.2, 0.25) is 0 Å². The first-order valence-corrected chi connectivity index (χ1v) is 5.16. The van der Waals surface area contributed by atoms with E-state index in [0.717, 1.165) is 12.3 Å². The summed E-state index contributed by atoms with van der Waals surface area (Å²) >= 11 is 0. The van der Waals surface area contributed by atoms with E-state index in [1.807, 2.05) is 0 Å². The van der Waals surface area contributed by atoms with E-state index in [-0.39, 0.29) is 11.0 Å². The molecular formula is C11H20O. The molecule has 0 heterocycles. The summed E-state index contributed by atoms with van der Waals surface area (Å²) in [5, 5.41) is 10.5. The Hall–Kier alpha value is -0.0400. The van der Waals surface area contributed by atoms with E-state index >= 15 is 0 Å². The number of fused-ring (bicyclic) bond motifs is 2. The maximum absolute atomic E-state index is 10.5. The quantitative estimate of drug-likeness (QED) is 0.589. The second-order valence-corrected chi connectivity index (χ2v) is 5.75. The van der Waals surface area contributed by atoms with Gasteiger partial charge in [0.1, 0.15) is 0 Å². The van der Waals surface area contributed by atoms with Crippen molar-refractivity contribution in [3.8, 4) is 0 Å². The highest BCUT2D eigenvalue weighted by Gasteiger charge is 2.55. The lowest BCUT2D eigenvalue weighted by Crippen LogP contribution is -2.47.